The van der Waals surface area contributed by atoms with Gasteiger partial charge in [-0.3, -0.25) is 0 Å². The fraction of sp³-hybridized carbons (Fsp3) is 0.462. The second-order valence-corrected chi connectivity index (χ2v) is 3.85. The predicted molar refractivity (Wildman–Crippen MR) is 65.5 cm³/mol. The average Bonchev–Trinajstić information content (AvgIpc) is 2.26. The van der Waals surface area contributed by atoms with Crippen molar-refractivity contribution in [2.24, 2.45) is 0 Å². The number of rotatable bonds is 6. The Morgan fingerprint density at radius 1 is 1.38 bits per heavy atom. The first kappa shape index (κ1) is 12.4. The zero-order valence-corrected chi connectivity index (χ0v) is 9.86. The van der Waals surface area contributed by atoms with E-state index in [-0.39, 0.29) is 6.10 Å². The van der Waals surface area contributed by atoms with Gasteiger partial charge in [-0.05, 0) is 32.4 Å². The molecule has 3 heteroatoms. The van der Waals surface area contributed by atoms with Gasteiger partial charge in [-0.15, -0.1) is 0 Å². The maximum Gasteiger partial charge on any atom is 0.142 e. The van der Waals surface area contributed by atoms with Gasteiger partial charge in [0.2, 0.25) is 0 Å². The molecule has 0 radical (unpaired) electrons. The molecule has 0 spiro atoms. The molecule has 3 nitrogen and oxygen atoms in total. The smallest absolute Gasteiger partial charge is 0.142 e. The number of hydrogen-bond donors (Lipinski definition) is 1. The molecule has 0 atom stereocenters. The minimum Gasteiger partial charge on any atom is -0.489 e. The Labute approximate surface area is 97.0 Å². The SMILES string of the molecule is CC(C)Oc1ccccc1NCCCC#N. The summed E-state index contributed by atoms with van der Waals surface area (Å²) in [6.07, 6.45) is 1.61. The Morgan fingerprint density at radius 2 is 2.12 bits per heavy atom. The lowest BCUT2D eigenvalue weighted by Crippen LogP contribution is -2.09. The third-order valence-corrected chi connectivity index (χ3v) is 2.03. The maximum absolute atomic E-state index is 8.43. The minimum absolute atomic E-state index is 0.169. The molecule has 0 aromatic heterocycles. The molecule has 1 aromatic carbocycles. The Morgan fingerprint density at radius 3 is 2.81 bits per heavy atom. The summed E-state index contributed by atoms with van der Waals surface area (Å²) in [5.74, 6) is 0.870. The predicted octanol–water partition coefficient (Wildman–Crippen LogP) is 3.19. The molecule has 1 rings (SSSR count). The van der Waals surface area contributed by atoms with Gasteiger partial charge in [0.1, 0.15) is 5.75 Å². The van der Waals surface area contributed by atoms with E-state index in [9.17, 15) is 0 Å². The first-order chi connectivity index (χ1) is 7.74. The van der Waals surface area contributed by atoms with Crippen LogP contribution in [0.2, 0.25) is 0 Å². The van der Waals surface area contributed by atoms with Crippen molar-refractivity contribution in [3.05, 3.63) is 24.3 Å². The van der Waals surface area contributed by atoms with Crippen molar-refractivity contribution < 1.29 is 4.74 Å². The number of para-hydroxylation sites is 2. The van der Waals surface area contributed by atoms with Crippen molar-refractivity contribution in [3.63, 3.8) is 0 Å². The number of nitriles is 1. The summed E-state index contributed by atoms with van der Waals surface area (Å²) in [6, 6.07) is 10.00. The van der Waals surface area contributed by atoms with Crippen LogP contribution in [0.1, 0.15) is 26.7 Å². The number of benzene rings is 1. The van der Waals surface area contributed by atoms with Crippen molar-refractivity contribution in [2.75, 3.05) is 11.9 Å². The van der Waals surface area contributed by atoms with Crippen molar-refractivity contribution in [1.82, 2.24) is 0 Å². The number of nitrogens with zero attached hydrogens (tertiary/aromatic N) is 1. The van der Waals surface area contributed by atoms with Crippen LogP contribution in [0.15, 0.2) is 24.3 Å². The van der Waals surface area contributed by atoms with Crippen LogP contribution in [-0.4, -0.2) is 12.6 Å². The van der Waals surface area contributed by atoms with Crippen LogP contribution in [0.4, 0.5) is 5.69 Å². The van der Waals surface area contributed by atoms with E-state index in [0.29, 0.717) is 6.42 Å². The van der Waals surface area contributed by atoms with Crippen LogP contribution in [0.25, 0.3) is 0 Å². The summed E-state index contributed by atoms with van der Waals surface area (Å²) in [5.41, 5.74) is 0.995. The number of ether oxygens (including phenoxy) is 1. The van der Waals surface area contributed by atoms with Gasteiger partial charge in [0, 0.05) is 13.0 Å². The van der Waals surface area contributed by atoms with Gasteiger partial charge in [-0.2, -0.15) is 5.26 Å². The van der Waals surface area contributed by atoms with Crippen LogP contribution in [0.5, 0.6) is 5.75 Å². The molecular weight excluding hydrogens is 200 g/mol. The summed E-state index contributed by atoms with van der Waals surface area (Å²) in [6.45, 7) is 4.81. The van der Waals surface area contributed by atoms with Crippen LogP contribution >= 0.6 is 0 Å². The summed E-state index contributed by atoms with van der Waals surface area (Å²) >= 11 is 0. The molecule has 0 amide bonds. The zero-order chi connectivity index (χ0) is 11.8. The summed E-state index contributed by atoms with van der Waals surface area (Å²) < 4.78 is 5.67. The van der Waals surface area contributed by atoms with Gasteiger partial charge < -0.3 is 10.1 Å². The Bertz CT molecular complexity index is 355. The standard InChI is InChI=1S/C13H18N2O/c1-11(2)16-13-8-4-3-7-12(13)15-10-6-5-9-14/h3-4,7-8,11,15H,5-6,10H2,1-2H3. The van der Waals surface area contributed by atoms with Crippen molar-refractivity contribution in [1.29, 1.82) is 5.26 Å². The third-order valence-electron chi connectivity index (χ3n) is 2.03. The average molecular weight is 218 g/mol. The Hall–Kier alpha value is -1.69. The van der Waals surface area contributed by atoms with Crippen molar-refractivity contribution in [3.8, 4) is 11.8 Å². The molecule has 0 bridgehead atoms. The van der Waals surface area contributed by atoms with Crippen LogP contribution < -0.4 is 10.1 Å². The quantitative estimate of drug-likeness (QED) is 0.746. The van der Waals surface area contributed by atoms with E-state index in [0.717, 1.165) is 24.4 Å². The molecule has 0 fully saturated rings. The van der Waals surface area contributed by atoms with E-state index in [2.05, 4.69) is 11.4 Å². The first-order valence-corrected chi connectivity index (χ1v) is 5.60. The lowest BCUT2D eigenvalue weighted by Gasteiger charge is -2.15. The van der Waals surface area contributed by atoms with E-state index in [1.165, 1.54) is 0 Å². The summed E-state index contributed by atoms with van der Waals surface area (Å²) in [5, 5.41) is 11.7. The highest BCUT2D eigenvalue weighted by atomic mass is 16.5. The zero-order valence-electron chi connectivity index (χ0n) is 9.86. The Kier molecular flexibility index (Phi) is 5.21. The van der Waals surface area contributed by atoms with Crippen LogP contribution in [-0.2, 0) is 0 Å². The molecule has 0 aliphatic carbocycles. The van der Waals surface area contributed by atoms with E-state index >= 15 is 0 Å². The fourth-order valence-corrected chi connectivity index (χ4v) is 1.36. The molecule has 0 aliphatic heterocycles. The lowest BCUT2D eigenvalue weighted by atomic mass is 10.2. The first-order valence-electron chi connectivity index (χ1n) is 5.60. The van der Waals surface area contributed by atoms with Gasteiger partial charge in [0.15, 0.2) is 0 Å². The van der Waals surface area contributed by atoms with E-state index in [1.54, 1.807) is 0 Å². The highest BCUT2D eigenvalue weighted by Crippen LogP contribution is 2.24. The van der Waals surface area contributed by atoms with Gasteiger partial charge in [-0.1, -0.05) is 12.1 Å². The minimum atomic E-state index is 0.169. The largest absolute Gasteiger partial charge is 0.489 e. The van der Waals surface area contributed by atoms with E-state index in [1.807, 2.05) is 38.1 Å². The monoisotopic (exact) mass is 218 g/mol. The molecule has 0 heterocycles. The van der Waals surface area contributed by atoms with Gasteiger partial charge in [0.05, 0.1) is 17.9 Å². The van der Waals surface area contributed by atoms with Crippen LogP contribution in [0, 0.1) is 11.3 Å². The summed E-state index contributed by atoms with van der Waals surface area (Å²) in [4.78, 5) is 0. The van der Waals surface area contributed by atoms with Crippen molar-refractivity contribution >= 4 is 5.69 Å². The van der Waals surface area contributed by atoms with Gasteiger partial charge in [-0.25, -0.2) is 0 Å². The fourth-order valence-electron chi connectivity index (χ4n) is 1.36. The number of anilines is 1. The van der Waals surface area contributed by atoms with Gasteiger partial charge in [0.25, 0.3) is 0 Å². The number of hydrogen-bond acceptors (Lipinski definition) is 3. The maximum atomic E-state index is 8.43. The number of unbranched alkanes of at least 4 members (excludes halogenated alkanes) is 1. The lowest BCUT2D eigenvalue weighted by molar-refractivity contribution is 0.243. The molecule has 0 saturated heterocycles. The molecule has 86 valence electrons. The molecule has 0 unspecified atom stereocenters. The molecule has 0 saturated carbocycles. The topological polar surface area (TPSA) is 45.0 Å². The van der Waals surface area contributed by atoms with Crippen LogP contribution in [0.3, 0.4) is 0 Å². The second kappa shape index (κ2) is 6.73. The second-order valence-electron chi connectivity index (χ2n) is 3.85. The third kappa shape index (κ3) is 4.22. The summed E-state index contributed by atoms with van der Waals surface area (Å²) in [7, 11) is 0. The molecular formula is C13H18N2O. The Balaban J connectivity index is 2.54. The van der Waals surface area contributed by atoms with Gasteiger partial charge >= 0.3 is 0 Å². The molecule has 1 N–H and O–H groups in total. The van der Waals surface area contributed by atoms with Crippen molar-refractivity contribution in [2.45, 2.75) is 32.8 Å². The molecule has 16 heavy (non-hydrogen) atoms. The highest BCUT2D eigenvalue weighted by molar-refractivity contribution is 5.56. The molecule has 0 aliphatic rings. The highest BCUT2D eigenvalue weighted by Gasteiger charge is 2.03. The molecule has 1 aromatic rings. The van der Waals surface area contributed by atoms with E-state index < -0.39 is 0 Å². The number of nitrogens with one attached hydrogen (secondary N) is 1. The normalized spacial score (nSPS) is 9.88. The van der Waals surface area contributed by atoms with E-state index in [4.69, 9.17) is 10.00 Å².